The minimum atomic E-state index is -0.544. The van der Waals surface area contributed by atoms with E-state index in [4.69, 9.17) is 9.47 Å². The van der Waals surface area contributed by atoms with Crippen molar-refractivity contribution in [1.82, 2.24) is 10.2 Å². The molecule has 0 bridgehead atoms. The van der Waals surface area contributed by atoms with Crippen LogP contribution in [0.5, 0.6) is 11.5 Å². The van der Waals surface area contributed by atoms with Crippen molar-refractivity contribution in [1.29, 1.82) is 0 Å². The maximum Gasteiger partial charge on any atom is 0.267 e. The Morgan fingerprint density at radius 3 is 2.76 bits per heavy atom. The number of piperazine rings is 1. The van der Waals surface area contributed by atoms with E-state index in [9.17, 15) is 4.79 Å². The van der Waals surface area contributed by atoms with E-state index in [2.05, 4.69) is 19.2 Å². The number of para-hydroxylation sites is 2. The molecule has 0 aromatic heterocycles. The Hall–Kier alpha value is -1.46. The maximum absolute atomic E-state index is 12.6. The first-order chi connectivity index (χ1) is 9.65. The highest BCUT2D eigenvalue weighted by Gasteiger charge is 2.35. The highest BCUT2D eigenvalue weighted by atomic mass is 35.5. The molecule has 1 aromatic rings. The number of fused-ring (bicyclic) bond motifs is 1. The number of hydrogen-bond acceptors (Lipinski definition) is 4. The third kappa shape index (κ3) is 3.24. The molecule has 116 valence electrons. The van der Waals surface area contributed by atoms with Crippen LogP contribution in [0.25, 0.3) is 0 Å². The first-order valence-corrected chi connectivity index (χ1v) is 7.07. The van der Waals surface area contributed by atoms with Gasteiger partial charge >= 0.3 is 0 Å². The molecule has 0 radical (unpaired) electrons. The van der Waals surface area contributed by atoms with E-state index in [1.54, 1.807) is 0 Å². The fourth-order valence-corrected chi connectivity index (χ4v) is 2.65. The van der Waals surface area contributed by atoms with Gasteiger partial charge in [-0.25, -0.2) is 0 Å². The first-order valence-electron chi connectivity index (χ1n) is 7.07. The lowest BCUT2D eigenvalue weighted by Gasteiger charge is -2.39. The van der Waals surface area contributed by atoms with Crippen LogP contribution in [0.15, 0.2) is 24.3 Å². The summed E-state index contributed by atoms with van der Waals surface area (Å²) in [5.74, 6) is 1.37. The Bertz CT molecular complexity index is 511. The first kappa shape index (κ1) is 15.9. The summed E-state index contributed by atoms with van der Waals surface area (Å²) in [4.78, 5) is 14.5. The molecule has 0 saturated carbocycles. The van der Waals surface area contributed by atoms with Gasteiger partial charge in [-0.1, -0.05) is 12.1 Å². The van der Waals surface area contributed by atoms with E-state index in [1.807, 2.05) is 29.2 Å². The van der Waals surface area contributed by atoms with Gasteiger partial charge in [0.05, 0.1) is 0 Å². The quantitative estimate of drug-likeness (QED) is 0.853. The molecule has 3 unspecified atom stereocenters. The molecule has 0 aliphatic carbocycles. The normalized spacial score (nSPS) is 27.7. The van der Waals surface area contributed by atoms with Crippen LogP contribution < -0.4 is 14.8 Å². The maximum atomic E-state index is 12.6. The molecule has 3 atom stereocenters. The van der Waals surface area contributed by atoms with E-state index in [0.29, 0.717) is 24.1 Å². The second-order valence-corrected chi connectivity index (χ2v) is 5.51. The van der Waals surface area contributed by atoms with Gasteiger partial charge in [-0.05, 0) is 26.0 Å². The Morgan fingerprint density at radius 2 is 2.00 bits per heavy atom. The summed E-state index contributed by atoms with van der Waals surface area (Å²) in [5.41, 5.74) is 0. The molecule has 2 aliphatic rings. The van der Waals surface area contributed by atoms with Crippen LogP contribution in [0.3, 0.4) is 0 Å². The zero-order valence-corrected chi connectivity index (χ0v) is 13.1. The number of rotatable bonds is 1. The summed E-state index contributed by atoms with van der Waals surface area (Å²) in [6.07, 6.45) is -0.544. The molecule has 0 spiro atoms. The lowest BCUT2D eigenvalue weighted by atomic mass is 10.1. The van der Waals surface area contributed by atoms with Crippen LogP contribution in [0.2, 0.25) is 0 Å². The van der Waals surface area contributed by atoms with Crippen molar-refractivity contribution in [2.24, 2.45) is 0 Å². The number of amides is 1. The van der Waals surface area contributed by atoms with E-state index in [0.717, 1.165) is 6.54 Å². The van der Waals surface area contributed by atoms with Crippen LogP contribution >= 0.6 is 12.4 Å². The average Bonchev–Trinajstić information content (AvgIpc) is 2.48. The van der Waals surface area contributed by atoms with Crippen LogP contribution in [0, 0.1) is 0 Å². The fraction of sp³-hybridized carbons (Fsp3) is 0.533. The zero-order valence-electron chi connectivity index (χ0n) is 12.2. The second kappa shape index (κ2) is 6.54. The molecule has 2 aliphatic heterocycles. The molecule has 1 amide bonds. The molecule has 1 N–H and O–H groups in total. The van der Waals surface area contributed by atoms with Crippen molar-refractivity contribution in [2.45, 2.75) is 32.0 Å². The summed E-state index contributed by atoms with van der Waals surface area (Å²) < 4.78 is 11.4. The average molecular weight is 313 g/mol. The Morgan fingerprint density at radius 1 is 1.29 bits per heavy atom. The SMILES string of the molecule is CC1CN(C(=O)C2COc3ccccc3O2)C(C)CN1.Cl. The molecule has 2 heterocycles. The third-order valence-corrected chi connectivity index (χ3v) is 3.83. The van der Waals surface area contributed by atoms with Crippen molar-refractivity contribution in [3.8, 4) is 11.5 Å². The Balaban J connectivity index is 0.00000161. The van der Waals surface area contributed by atoms with Gasteiger partial charge in [0.25, 0.3) is 5.91 Å². The largest absolute Gasteiger partial charge is 0.485 e. The molecule has 1 saturated heterocycles. The number of nitrogens with zero attached hydrogens (tertiary/aromatic N) is 1. The highest BCUT2D eigenvalue weighted by Crippen LogP contribution is 2.31. The lowest BCUT2D eigenvalue weighted by molar-refractivity contribution is -0.144. The molecule has 3 rings (SSSR count). The van der Waals surface area contributed by atoms with Crippen molar-refractivity contribution in [3.63, 3.8) is 0 Å². The van der Waals surface area contributed by atoms with Gasteiger partial charge in [0, 0.05) is 25.2 Å². The highest BCUT2D eigenvalue weighted by molar-refractivity contribution is 5.85. The summed E-state index contributed by atoms with van der Waals surface area (Å²) >= 11 is 0. The monoisotopic (exact) mass is 312 g/mol. The van der Waals surface area contributed by atoms with Gasteiger partial charge in [0.1, 0.15) is 6.61 Å². The molecule has 1 fully saturated rings. The van der Waals surface area contributed by atoms with Crippen LogP contribution in [-0.4, -0.2) is 48.7 Å². The number of carbonyl (C=O) groups is 1. The van der Waals surface area contributed by atoms with Crippen molar-refractivity contribution < 1.29 is 14.3 Å². The minimum absolute atomic E-state index is 0. The zero-order chi connectivity index (χ0) is 14.1. The van der Waals surface area contributed by atoms with Gasteiger partial charge in [0.2, 0.25) is 6.10 Å². The van der Waals surface area contributed by atoms with Crippen molar-refractivity contribution in [3.05, 3.63) is 24.3 Å². The number of nitrogens with one attached hydrogen (secondary N) is 1. The second-order valence-electron chi connectivity index (χ2n) is 5.51. The van der Waals surface area contributed by atoms with Crippen LogP contribution in [0.4, 0.5) is 0 Å². The third-order valence-electron chi connectivity index (χ3n) is 3.83. The van der Waals surface area contributed by atoms with E-state index in [-0.39, 0.29) is 31.0 Å². The van der Waals surface area contributed by atoms with E-state index < -0.39 is 6.10 Å². The smallest absolute Gasteiger partial charge is 0.267 e. The molecule has 6 heteroatoms. The Kier molecular flexibility index (Phi) is 4.96. The Labute approximate surface area is 131 Å². The van der Waals surface area contributed by atoms with Crippen molar-refractivity contribution >= 4 is 18.3 Å². The number of ether oxygens (including phenoxy) is 2. The van der Waals surface area contributed by atoms with E-state index in [1.165, 1.54) is 0 Å². The van der Waals surface area contributed by atoms with Gasteiger partial charge < -0.3 is 19.7 Å². The molecular weight excluding hydrogens is 292 g/mol. The minimum Gasteiger partial charge on any atom is -0.485 e. The van der Waals surface area contributed by atoms with Crippen LogP contribution in [-0.2, 0) is 4.79 Å². The lowest BCUT2D eigenvalue weighted by Crippen LogP contribution is -2.59. The van der Waals surface area contributed by atoms with Gasteiger partial charge in [-0.3, -0.25) is 4.79 Å². The predicted molar refractivity (Wildman–Crippen MR) is 82.2 cm³/mol. The van der Waals surface area contributed by atoms with Gasteiger partial charge in [-0.2, -0.15) is 0 Å². The van der Waals surface area contributed by atoms with E-state index >= 15 is 0 Å². The number of halogens is 1. The predicted octanol–water partition coefficient (Wildman–Crippen LogP) is 1.46. The van der Waals surface area contributed by atoms with Gasteiger partial charge in [0.15, 0.2) is 11.5 Å². The number of carbonyl (C=O) groups excluding carboxylic acids is 1. The van der Waals surface area contributed by atoms with Crippen LogP contribution in [0.1, 0.15) is 13.8 Å². The molecule has 1 aromatic carbocycles. The topological polar surface area (TPSA) is 50.8 Å². The summed E-state index contributed by atoms with van der Waals surface area (Å²) in [6, 6.07) is 7.95. The summed E-state index contributed by atoms with van der Waals surface area (Å²) in [5, 5.41) is 3.37. The van der Waals surface area contributed by atoms with Crippen molar-refractivity contribution in [2.75, 3.05) is 19.7 Å². The molecule has 5 nitrogen and oxygen atoms in total. The molecule has 21 heavy (non-hydrogen) atoms. The van der Waals surface area contributed by atoms with Gasteiger partial charge in [-0.15, -0.1) is 12.4 Å². The number of benzene rings is 1. The number of hydrogen-bond donors (Lipinski definition) is 1. The standard InChI is InChI=1S/C15H20N2O3.ClH/c1-10-8-17(11(2)7-16-10)15(18)14-9-19-12-5-3-4-6-13(12)20-14;/h3-6,10-11,14,16H,7-9H2,1-2H3;1H. The summed E-state index contributed by atoms with van der Waals surface area (Å²) in [7, 11) is 0. The summed E-state index contributed by atoms with van der Waals surface area (Å²) in [6.45, 7) is 5.94. The fourth-order valence-electron chi connectivity index (χ4n) is 2.65. The molecular formula is C15H21ClN2O3.